The number of benzene rings is 2. The first kappa shape index (κ1) is 14.1. The third-order valence-electron chi connectivity index (χ3n) is 3.75. The van der Waals surface area contributed by atoms with Crippen LogP contribution in [0.1, 0.15) is 17.0 Å². The SMILES string of the molecule is Cc1cccc2nc(CNc3cccc(F)c3C#N)n(C)c12. The predicted octanol–water partition coefficient (Wildman–Crippen LogP) is 3.50. The van der Waals surface area contributed by atoms with Crippen molar-refractivity contribution in [3.05, 3.63) is 59.2 Å². The monoisotopic (exact) mass is 294 g/mol. The van der Waals surface area contributed by atoms with E-state index in [1.165, 1.54) is 6.07 Å². The van der Waals surface area contributed by atoms with Crippen LogP contribution in [0.25, 0.3) is 11.0 Å². The van der Waals surface area contributed by atoms with Gasteiger partial charge in [0.2, 0.25) is 0 Å². The second-order valence-corrected chi connectivity index (χ2v) is 5.16. The minimum Gasteiger partial charge on any atom is -0.377 e. The van der Waals surface area contributed by atoms with E-state index in [0.29, 0.717) is 12.2 Å². The van der Waals surface area contributed by atoms with Crippen LogP contribution in [-0.4, -0.2) is 9.55 Å². The van der Waals surface area contributed by atoms with Crippen LogP contribution < -0.4 is 5.32 Å². The summed E-state index contributed by atoms with van der Waals surface area (Å²) in [5.41, 5.74) is 3.67. The summed E-state index contributed by atoms with van der Waals surface area (Å²) in [7, 11) is 1.95. The third-order valence-corrected chi connectivity index (χ3v) is 3.75. The van der Waals surface area contributed by atoms with Crippen molar-refractivity contribution >= 4 is 16.7 Å². The van der Waals surface area contributed by atoms with Crippen molar-refractivity contribution in [1.82, 2.24) is 9.55 Å². The minimum atomic E-state index is -0.520. The lowest BCUT2D eigenvalue weighted by molar-refractivity contribution is 0.624. The van der Waals surface area contributed by atoms with Crippen molar-refractivity contribution < 1.29 is 4.39 Å². The van der Waals surface area contributed by atoms with Gasteiger partial charge in [0.05, 0.1) is 23.3 Å². The van der Waals surface area contributed by atoms with Gasteiger partial charge in [-0.15, -0.1) is 0 Å². The van der Waals surface area contributed by atoms with Crippen molar-refractivity contribution in [3.8, 4) is 6.07 Å². The van der Waals surface area contributed by atoms with Gasteiger partial charge in [0.25, 0.3) is 0 Å². The number of nitrogens with zero attached hydrogens (tertiary/aromatic N) is 3. The summed E-state index contributed by atoms with van der Waals surface area (Å²) in [6, 6.07) is 12.4. The standard InChI is InChI=1S/C17H15FN4/c1-11-5-3-8-15-17(11)22(2)16(21-15)10-20-14-7-4-6-13(18)12(14)9-19/h3-8,20H,10H2,1-2H3. The molecule has 0 bridgehead atoms. The lowest BCUT2D eigenvalue weighted by Gasteiger charge is -2.09. The van der Waals surface area contributed by atoms with E-state index in [0.717, 1.165) is 22.4 Å². The van der Waals surface area contributed by atoms with E-state index in [-0.39, 0.29) is 5.56 Å². The number of nitriles is 1. The van der Waals surface area contributed by atoms with Crippen molar-refractivity contribution in [2.75, 3.05) is 5.32 Å². The molecule has 2 aromatic carbocycles. The van der Waals surface area contributed by atoms with Crippen LogP contribution in [0.15, 0.2) is 36.4 Å². The molecule has 1 heterocycles. The molecule has 0 saturated carbocycles. The Morgan fingerprint density at radius 2 is 2.05 bits per heavy atom. The Labute approximate surface area is 127 Å². The highest BCUT2D eigenvalue weighted by Gasteiger charge is 2.11. The van der Waals surface area contributed by atoms with E-state index < -0.39 is 5.82 Å². The maximum atomic E-state index is 13.6. The van der Waals surface area contributed by atoms with Gasteiger partial charge in [-0.05, 0) is 30.7 Å². The number of hydrogen-bond donors (Lipinski definition) is 1. The Morgan fingerprint density at radius 1 is 1.27 bits per heavy atom. The smallest absolute Gasteiger partial charge is 0.143 e. The average Bonchev–Trinajstić information content (AvgIpc) is 2.83. The van der Waals surface area contributed by atoms with Gasteiger partial charge in [-0.1, -0.05) is 18.2 Å². The number of aryl methyl sites for hydroxylation is 2. The zero-order valence-electron chi connectivity index (χ0n) is 12.4. The van der Waals surface area contributed by atoms with Crippen molar-refractivity contribution in [3.63, 3.8) is 0 Å². The van der Waals surface area contributed by atoms with Crippen LogP contribution in [0.5, 0.6) is 0 Å². The maximum absolute atomic E-state index is 13.6. The summed E-state index contributed by atoms with van der Waals surface area (Å²) in [4.78, 5) is 4.59. The average molecular weight is 294 g/mol. The Balaban J connectivity index is 1.93. The molecule has 22 heavy (non-hydrogen) atoms. The molecule has 5 heteroatoms. The first-order valence-corrected chi connectivity index (χ1v) is 6.95. The molecule has 0 aliphatic carbocycles. The lowest BCUT2D eigenvalue weighted by Crippen LogP contribution is -2.07. The molecule has 0 aliphatic heterocycles. The van der Waals surface area contributed by atoms with E-state index in [1.807, 2.05) is 42.8 Å². The van der Waals surface area contributed by atoms with Gasteiger partial charge < -0.3 is 9.88 Å². The van der Waals surface area contributed by atoms with E-state index in [1.54, 1.807) is 12.1 Å². The van der Waals surface area contributed by atoms with Gasteiger partial charge in [0.1, 0.15) is 23.3 Å². The van der Waals surface area contributed by atoms with Crippen LogP contribution >= 0.6 is 0 Å². The Hall–Kier alpha value is -2.87. The maximum Gasteiger partial charge on any atom is 0.143 e. The highest BCUT2D eigenvalue weighted by atomic mass is 19.1. The number of imidazole rings is 1. The summed E-state index contributed by atoms with van der Waals surface area (Å²) in [5, 5.41) is 12.1. The molecule has 0 saturated heterocycles. The second kappa shape index (κ2) is 5.49. The summed E-state index contributed by atoms with van der Waals surface area (Å²) in [6.07, 6.45) is 0. The van der Waals surface area contributed by atoms with Crippen molar-refractivity contribution in [1.29, 1.82) is 5.26 Å². The van der Waals surface area contributed by atoms with Gasteiger partial charge in [-0.2, -0.15) is 5.26 Å². The third kappa shape index (κ3) is 2.29. The molecule has 0 spiro atoms. The topological polar surface area (TPSA) is 53.6 Å². The zero-order valence-corrected chi connectivity index (χ0v) is 12.4. The van der Waals surface area contributed by atoms with Gasteiger partial charge in [-0.25, -0.2) is 9.37 Å². The molecule has 0 amide bonds. The molecule has 3 rings (SSSR count). The number of halogens is 1. The molecule has 0 fully saturated rings. The predicted molar refractivity (Wildman–Crippen MR) is 83.9 cm³/mol. The summed E-state index contributed by atoms with van der Waals surface area (Å²) < 4.78 is 15.6. The molecule has 0 unspecified atom stereocenters. The van der Waals surface area contributed by atoms with Crippen LogP contribution in [-0.2, 0) is 13.6 Å². The highest BCUT2D eigenvalue weighted by molar-refractivity contribution is 5.79. The van der Waals surface area contributed by atoms with Gasteiger partial charge in [-0.3, -0.25) is 0 Å². The van der Waals surface area contributed by atoms with Crippen molar-refractivity contribution in [2.45, 2.75) is 13.5 Å². The molecule has 1 N–H and O–H groups in total. The first-order valence-electron chi connectivity index (χ1n) is 6.95. The highest BCUT2D eigenvalue weighted by Crippen LogP contribution is 2.21. The normalized spacial score (nSPS) is 10.6. The fourth-order valence-electron chi connectivity index (χ4n) is 2.63. The minimum absolute atomic E-state index is 0.0254. The molecule has 0 aliphatic rings. The van der Waals surface area contributed by atoms with Crippen molar-refractivity contribution in [2.24, 2.45) is 7.05 Å². The fraction of sp³-hybridized carbons (Fsp3) is 0.176. The number of hydrogen-bond acceptors (Lipinski definition) is 3. The molecular weight excluding hydrogens is 279 g/mol. The Kier molecular flexibility index (Phi) is 3.51. The number of aromatic nitrogens is 2. The first-order chi connectivity index (χ1) is 10.6. The quantitative estimate of drug-likeness (QED) is 0.804. The van der Waals surface area contributed by atoms with E-state index in [9.17, 15) is 4.39 Å². The largest absolute Gasteiger partial charge is 0.377 e. The molecule has 0 radical (unpaired) electrons. The Morgan fingerprint density at radius 3 is 2.77 bits per heavy atom. The summed E-state index contributed by atoms with van der Waals surface area (Å²) in [6.45, 7) is 2.46. The number of rotatable bonds is 3. The molecular formula is C17H15FN4. The van der Waals surface area contributed by atoms with Crippen LogP contribution in [0.2, 0.25) is 0 Å². The molecule has 110 valence electrons. The van der Waals surface area contributed by atoms with Gasteiger partial charge >= 0.3 is 0 Å². The van der Waals surface area contributed by atoms with E-state index in [2.05, 4.69) is 10.3 Å². The van der Waals surface area contributed by atoms with E-state index >= 15 is 0 Å². The fourth-order valence-corrected chi connectivity index (χ4v) is 2.63. The van der Waals surface area contributed by atoms with Gasteiger partial charge in [0, 0.05) is 7.05 Å². The van der Waals surface area contributed by atoms with E-state index in [4.69, 9.17) is 5.26 Å². The molecule has 3 aromatic rings. The zero-order chi connectivity index (χ0) is 15.7. The molecule has 0 atom stereocenters. The second-order valence-electron chi connectivity index (χ2n) is 5.16. The number of nitrogens with one attached hydrogen (secondary N) is 1. The van der Waals surface area contributed by atoms with Crippen LogP contribution in [0.4, 0.5) is 10.1 Å². The lowest BCUT2D eigenvalue weighted by atomic mass is 10.2. The number of anilines is 1. The molecule has 4 nitrogen and oxygen atoms in total. The summed E-state index contributed by atoms with van der Waals surface area (Å²) in [5.74, 6) is 0.311. The van der Waals surface area contributed by atoms with Crippen LogP contribution in [0, 0.1) is 24.1 Å². The Bertz CT molecular complexity index is 890. The van der Waals surface area contributed by atoms with Crippen LogP contribution in [0.3, 0.4) is 0 Å². The number of fused-ring (bicyclic) bond motifs is 1. The summed E-state index contributed by atoms with van der Waals surface area (Å²) >= 11 is 0. The number of para-hydroxylation sites is 1. The molecule has 1 aromatic heterocycles. The van der Waals surface area contributed by atoms with Gasteiger partial charge in [0.15, 0.2) is 0 Å².